The van der Waals surface area contributed by atoms with Crippen LogP contribution in [-0.4, -0.2) is 22.3 Å². The molecule has 1 fully saturated rings. The molecule has 0 spiro atoms. The smallest absolute Gasteiger partial charge is 0.254 e. The molecule has 108 valence electrons. The Hall–Kier alpha value is -2.16. The maximum Gasteiger partial charge on any atom is 0.254 e. The van der Waals surface area contributed by atoms with Gasteiger partial charge in [0.05, 0.1) is 6.04 Å². The van der Waals surface area contributed by atoms with Crippen molar-refractivity contribution in [1.82, 2.24) is 9.88 Å². The highest BCUT2D eigenvalue weighted by Crippen LogP contribution is 2.33. The number of likely N-dealkylation sites (tertiary alicyclic amines) is 1. The van der Waals surface area contributed by atoms with Crippen LogP contribution in [0.5, 0.6) is 0 Å². The van der Waals surface area contributed by atoms with E-state index in [9.17, 15) is 4.79 Å². The Morgan fingerprint density at radius 2 is 2.00 bits per heavy atom. The SMILES string of the molecule is Cc1ccncc1[C@@H]1CCCCN1C(=O)c1ccccc1. The van der Waals surface area contributed by atoms with Gasteiger partial charge in [-0.1, -0.05) is 18.2 Å². The van der Waals surface area contributed by atoms with E-state index in [4.69, 9.17) is 0 Å². The number of nitrogens with zero attached hydrogens (tertiary/aromatic N) is 2. The Morgan fingerprint density at radius 3 is 2.76 bits per heavy atom. The lowest BCUT2D eigenvalue weighted by Gasteiger charge is -2.36. The Balaban J connectivity index is 1.92. The summed E-state index contributed by atoms with van der Waals surface area (Å²) in [6, 6.07) is 11.7. The van der Waals surface area contributed by atoms with Gasteiger partial charge in [0.1, 0.15) is 0 Å². The fourth-order valence-corrected chi connectivity index (χ4v) is 3.07. The van der Waals surface area contributed by atoms with Crippen molar-refractivity contribution >= 4 is 5.91 Å². The van der Waals surface area contributed by atoms with Gasteiger partial charge in [0.25, 0.3) is 5.91 Å². The van der Waals surface area contributed by atoms with Gasteiger partial charge in [-0.05, 0) is 55.5 Å². The van der Waals surface area contributed by atoms with Crippen LogP contribution in [-0.2, 0) is 0 Å². The van der Waals surface area contributed by atoms with Crippen molar-refractivity contribution in [1.29, 1.82) is 0 Å². The zero-order valence-electron chi connectivity index (χ0n) is 12.3. The van der Waals surface area contributed by atoms with E-state index in [1.807, 2.05) is 53.7 Å². The largest absolute Gasteiger partial charge is 0.332 e. The molecule has 3 nitrogen and oxygen atoms in total. The molecule has 3 heteroatoms. The van der Waals surface area contributed by atoms with Crippen LogP contribution in [0.4, 0.5) is 0 Å². The molecular formula is C18H20N2O. The van der Waals surface area contributed by atoms with Gasteiger partial charge in [0.15, 0.2) is 0 Å². The van der Waals surface area contributed by atoms with Crippen LogP contribution < -0.4 is 0 Å². The van der Waals surface area contributed by atoms with Crippen molar-refractivity contribution in [3.8, 4) is 0 Å². The Morgan fingerprint density at radius 1 is 1.19 bits per heavy atom. The minimum absolute atomic E-state index is 0.128. The highest BCUT2D eigenvalue weighted by Gasteiger charge is 2.29. The standard InChI is InChI=1S/C18H20N2O/c1-14-10-11-19-13-16(14)17-9-5-6-12-20(17)18(21)15-7-3-2-4-8-15/h2-4,7-8,10-11,13,17H,5-6,9,12H2,1H3/t17-/m0/s1. The van der Waals surface area contributed by atoms with E-state index in [-0.39, 0.29) is 11.9 Å². The van der Waals surface area contributed by atoms with Crippen molar-refractivity contribution in [3.63, 3.8) is 0 Å². The van der Waals surface area contributed by atoms with Gasteiger partial charge in [-0.25, -0.2) is 0 Å². The minimum Gasteiger partial charge on any atom is -0.332 e. The van der Waals surface area contributed by atoms with Gasteiger partial charge in [0.2, 0.25) is 0 Å². The summed E-state index contributed by atoms with van der Waals surface area (Å²) in [4.78, 5) is 19.1. The van der Waals surface area contributed by atoms with E-state index in [0.29, 0.717) is 0 Å². The van der Waals surface area contributed by atoms with Gasteiger partial charge < -0.3 is 4.90 Å². The monoisotopic (exact) mass is 280 g/mol. The van der Waals surface area contributed by atoms with Crippen molar-refractivity contribution < 1.29 is 4.79 Å². The molecule has 1 atom stereocenters. The summed E-state index contributed by atoms with van der Waals surface area (Å²) in [5, 5.41) is 0. The molecule has 2 heterocycles. The number of hydrogen-bond acceptors (Lipinski definition) is 2. The Labute approximate surface area is 125 Å². The van der Waals surface area contributed by atoms with Gasteiger partial charge in [-0.15, -0.1) is 0 Å². The third kappa shape index (κ3) is 2.82. The number of pyridine rings is 1. The summed E-state index contributed by atoms with van der Waals surface area (Å²) in [5.74, 6) is 0.128. The number of carbonyl (C=O) groups is 1. The fourth-order valence-electron chi connectivity index (χ4n) is 3.07. The molecule has 1 aromatic carbocycles. The van der Waals surface area contributed by atoms with Crippen molar-refractivity contribution in [3.05, 3.63) is 65.5 Å². The summed E-state index contributed by atoms with van der Waals surface area (Å²) < 4.78 is 0. The van der Waals surface area contributed by atoms with Crippen LogP contribution in [0, 0.1) is 6.92 Å². The fraction of sp³-hybridized carbons (Fsp3) is 0.333. The molecule has 21 heavy (non-hydrogen) atoms. The molecule has 1 aliphatic rings. The van der Waals surface area contributed by atoms with Crippen LogP contribution in [0.2, 0.25) is 0 Å². The molecule has 3 rings (SSSR count). The lowest BCUT2D eigenvalue weighted by molar-refractivity contribution is 0.0610. The molecule has 0 bridgehead atoms. The molecule has 0 unspecified atom stereocenters. The van der Waals surface area contributed by atoms with E-state index in [0.717, 1.165) is 31.4 Å². The molecule has 0 radical (unpaired) electrons. The molecule has 1 aromatic heterocycles. The molecule has 0 saturated carbocycles. The average molecular weight is 280 g/mol. The summed E-state index contributed by atoms with van der Waals surface area (Å²) in [6.45, 7) is 2.92. The van der Waals surface area contributed by atoms with Crippen LogP contribution in [0.15, 0.2) is 48.8 Å². The highest BCUT2D eigenvalue weighted by atomic mass is 16.2. The summed E-state index contributed by atoms with van der Waals surface area (Å²) in [5.41, 5.74) is 3.16. The van der Waals surface area contributed by atoms with Crippen molar-refractivity contribution in [2.45, 2.75) is 32.2 Å². The predicted molar refractivity (Wildman–Crippen MR) is 83.0 cm³/mol. The average Bonchev–Trinajstić information content (AvgIpc) is 2.55. The first-order valence-electron chi connectivity index (χ1n) is 7.54. The quantitative estimate of drug-likeness (QED) is 0.839. The van der Waals surface area contributed by atoms with E-state index in [2.05, 4.69) is 11.9 Å². The van der Waals surface area contributed by atoms with E-state index in [1.165, 1.54) is 11.1 Å². The maximum absolute atomic E-state index is 12.8. The zero-order valence-corrected chi connectivity index (χ0v) is 12.3. The van der Waals surface area contributed by atoms with Crippen molar-refractivity contribution in [2.24, 2.45) is 0 Å². The Bertz CT molecular complexity index is 624. The number of hydrogen-bond donors (Lipinski definition) is 0. The first-order chi connectivity index (χ1) is 10.3. The third-order valence-electron chi connectivity index (χ3n) is 4.22. The molecule has 2 aromatic rings. The number of rotatable bonds is 2. The van der Waals surface area contributed by atoms with Gasteiger partial charge in [0, 0.05) is 24.5 Å². The molecule has 0 aliphatic carbocycles. The summed E-state index contributed by atoms with van der Waals surface area (Å²) in [7, 11) is 0. The number of aryl methyl sites for hydroxylation is 1. The minimum atomic E-state index is 0.128. The third-order valence-corrected chi connectivity index (χ3v) is 4.22. The van der Waals surface area contributed by atoms with Gasteiger partial charge >= 0.3 is 0 Å². The van der Waals surface area contributed by atoms with Gasteiger partial charge in [-0.3, -0.25) is 9.78 Å². The molecule has 1 saturated heterocycles. The maximum atomic E-state index is 12.8. The topological polar surface area (TPSA) is 33.2 Å². The van der Waals surface area contributed by atoms with E-state index < -0.39 is 0 Å². The lowest BCUT2D eigenvalue weighted by Crippen LogP contribution is -2.38. The lowest BCUT2D eigenvalue weighted by atomic mass is 9.93. The van der Waals surface area contributed by atoms with Crippen LogP contribution in [0.25, 0.3) is 0 Å². The zero-order chi connectivity index (χ0) is 14.7. The van der Waals surface area contributed by atoms with Crippen molar-refractivity contribution in [2.75, 3.05) is 6.54 Å². The molecular weight excluding hydrogens is 260 g/mol. The summed E-state index contributed by atoms with van der Waals surface area (Å²) >= 11 is 0. The normalized spacial score (nSPS) is 18.5. The molecule has 1 amide bonds. The molecule has 1 aliphatic heterocycles. The number of carbonyl (C=O) groups excluding carboxylic acids is 1. The Kier molecular flexibility index (Phi) is 4.00. The molecule has 0 N–H and O–H groups in total. The summed E-state index contributed by atoms with van der Waals surface area (Å²) in [6.07, 6.45) is 6.98. The van der Waals surface area contributed by atoms with Crippen LogP contribution in [0.3, 0.4) is 0 Å². The number of aromatic nitrogens is 1. The first kappa shape index (κ1) is 13.8. The number of benzene rings is 1. The first-order valence-corrected chi connectivity index (χ1v) is 7.54. The second-order valence-corrected chi connectivity index (χ2v) is 5.61. The van der Waals surface area contributed by atoms with Crippen LogP contribution in [0.1, 0.15) is 46.8 Å². The van der Waals surface area contributed by atoms with E-state index >= 15 is 0 Å². The van der Waals surface area contributed by atoms with Crippen LogP contribution >= 0.6 is 0 Å². The second kappa shape index (κ2) is 6.08. The van der Waals surface area contributed by atoms with E-state index in [1.54, 1.807) is 0 Å². The number of amides is 1. The second-order valence-electron chi connectivity index (χ2n) is 5.61. The highest BCUT2D eigenvalue weighted by molar-refractivity contribution is 5.94. The predicted octanol–water partition coefficient (Wildman–Crippen LogP) is 3.76. The van der Waals surface area contributed by atoms with Gasteiger partial charge in [-0.2, -0.15) is 0 Å². The number of piperidine rings is 1.